The molecule has 2 heterocycles. The molecule has 4 rings (SSSR count). The third-order valence-corrected chi connectivity index (χ3v) is 6.43. The summed E-state index contributed by atoms with van der Waals surface area (Å²) < 4.78 is 7.34. The van der Waals surface area contributed by atoms with Crippen molar-refractivity contribution in [2.45, 2.75) is 65.1 Å². The molecule has 1 aliphatic rings. The lowest BCUT2D eigenvalue weighted by Gasteiger charge is -2.23. The van der Waals surface area contributed by atoms with Crippen LogP contribution in [0.1, 0.15) is 60.8 Å². The number of rotatable bonds is 8. The molecule has 1 atom stereocenters. The lowest BCUT2D eigenvalue weighted by molar-refractivity contribution is -0.118. The van der Waals surface area contributed by atoms with Gasteiger partial charge >= 0.3 is 6.09 Å². The number of aryl methyl sites for hydroxylation is 1. The average Bonchev–Trinajstić information content (AvgIpc) is 3.55. The molecule has 39 heavy (non-hydrogen) atoms. The first kappa shape index (κ1) is 27.9. The highest BCUT2D eigenvalue weighted by atomic mass is 16.6. The number of hydrogen-bond acceptors (Lipinski definition) is 5. The van der Waals surface area contributed by atoms with E-state index in [1.165, 1.54) is 0 Å². The molecule has 206 valence electrons. The molecular formula is C30H37N5O4. The van der Waals surface area contributed by atoms with Gasteiger partial charge in [-0.05, 0) is 69.9 Å². The summed E-state index contributed by atoms with van der Waals surface area (Å²) in [5, 5.41) is 5.58. The van der Waals surface area contributed by atoms with Crippen LogP contribution in [-0.4, -0.2) is 57.1 Å². The van der Waals surface area contributed by atoms with E-state index in [1.54, 1.807) is 45.3 Å². The number of amides is 3. The second-order valence-corrected chi connectivity index (χ2v) is 10.9. The van der Waals surface area contributed by atoms with E-state index in [0.717, 1.165) is 37.1 Å². The van der Waals surface area contributed by atoms with Gasteiger partial charge in [0.15, 0.2) is 0 Å². The quantitative estimate of drug-likeness (QED) is 0.444. The maximum atomic E-state index is 13.4. The molecule has 1 saturated heterocycles. The summed E-state index contributed by atoms with van der Waals surface area (Å²) in [5.74, 6) is -0.394. The van der Waals surface area contributed by atoms with Crippen LogP contribution in [-0.2, 0) is 22.5 Å². The second kappa shape index (κ2) is 12.1. The topological polar surface area (TPSA) is 106 Å². The number of likely N-dealkylation sites (tertiary alicyclic amines) is 1. The van der Waals surface area contributed by atoms with E-state index < -0.39 is 23.6 Å². The number of hydrogen-bond donors (Lipinski definition) is 2. The van der Waals surface area contributed by atoms with Gasteiger partial charge in [0.1, 0.15) is 11.6 Å². The van der Waals surface area contributed by atoms with Crippen molar-refractivity contribution in [3.8, 4) is 0 Å². The van der Waals surface area contributed by atoms with Crippen molar-refractivity contribution in [2.24, 2.45) is 0 Å². The van der Waals surface area contributed by atoms with Crippen molar-refractivity contribution >= 4 is 23.6 Å². The molecule has 3 aromatic rings. The summed E-state index contributed by atoms with van der Waals surface area (Å²) in [4.78, 5) is 45.1. The fourth-order valence-corrected chi connectivity index (χ4v) is 4.56. The van der Waals surface area contributed by atoms with Crippen molar-refractivity contribution in [1.29, 1.82) is 0 Å². The number of anilines is 1. The van der Waals surface area contributed by atoms with Gasteiger partial charge in [-0.1, -0.05) is 30.3 Å². The Labute approximate surface area is 229 Å². The van der Waals surface area contributed by atoms with Gasteiger partial charge in [0, 0.05) is 43.5 Å². The first-order valence-electron chi connectivity index (χ1n) is 13.3. The van der Waals surface area contributed by atoms with Crippen molar-refractivity contribution in [3.05, 3.63) is 83.4 Å². The Hall–Kier alpha value is -4.14. The van der Waals surface area contributed by atoms with Crippen LogP contribution in [0.3, 0.4) is 0 Å². The molecule has 1 aromatic heterocycles. The molecule has 0 radical (unpaired) electrons. The van der Waals surface area contributed by atoms with Gasteiger partial charge < -0.3 is 24.8 Å². The summed E-state index contributed by atoms with van der Waals surface area (Å²) in [6.45, 7) is 9.34. The standard InChI is InChI=1S/C30H37N5O4/c1-21-16-23(12-13-25(21)28(37)35-14-8-9-15-35)32-27(36)26(33-29(38)39-30(2,3)4)17-24-19-34(20-31-24)18-22-10-6-5-7-11-22/h5-7,10-13,16,19-20,26H,8-9,14-15,17-18H2,1-4H3,(H,32,36)(H,33,38)/t26-/m1/s1. The Morgan fingerprint density at radius 3 is 2.44 bits per heavy atom. The molecular weight excluding hydrogens is 494 g/mol. The van der Waals surface area contributed by atoms with Gasteiger partial charge in [0.25, 0.3) is 5.91 Å². The van der Waals surface area contributed by atoms with Crippen LogP contribution >= 0.6 is 0 Å². The predicted octanol–water partition coefficient (Wildman–Crippen LogP) is 4.55. The Balaban J connectivity index is 1.47. The molecule has 0 saturated carbocycles. The largest absolute Gasteiger partial charge is 0.444 e. The number of imidazole rings is 1. The Kier molecular flexibility index (Phi) is 8.69. The number of alkyl carbamates (subject to hydrolysis) is 1. The van der Waals surface area contributed by atoms with Crippen LogP contribution in [0.25, 0.3) is 0 Å². The zero-order chi connectivity index (χ0) is 28.0. The monoisotopic (exact) mass is 531 g/mol. The number of benzene rings is 2. The second-order valence-electron chi connectivity index (χ2n) is 10.9. The highest BCUT2D eigenvalue weighted by Crippen LogP contribution is 2.20. The van der Waals surface area contributed by atoms with Crippen molar-refractivity contribution in [1.82, 2.24) is 19.8 Å². The molecule has 9 heteroatoms. The fraction of sp³-hybridized carbons (Fsp3) is 0.400. The van der Waals surface area contributed by atoms with Crippen LogP contribution < -0.4 is 10.6 Å². The maximum absolute atomic E-state index is 13.4. The van der Waals surface area contributed by atoms with Gasteiger partial charge in [-0.3, -0.25) is 9.59 Å². The molecule has 3 amide bonds. The highest BCUT2D eigenvalue weighted by Gasteiger charge is 2.26. The number of carbonyl (C=O) groups excluding carboxylic acids is 3. The summed E-state index contributed by atoms with van der Waals surface area (Å²) in [5.41, 5.74) is 3.02. The van der Waals surface area contributed by atoms with E-state index in [2.05, 4.69) is 15.6 Å². The summed E-state index contributed by atoms with van der Waals surface area (Å²) in [6, 6.07) is 14.3. The first-order valence-corrected chi connectivity index (χ1v) is 13.3. The lowest BCUT2D eigenvalue weighted by atomic mass is 10.1. The minimum atomic E-state index is -0.925. The van der Waals surface area contributed by atoms with Crippen molar-refractivity contribution < 1.29 is 19.1 Å². The lowest BCUT2D eigenvalue weighted by Crippen LogP contribution is -2.47. The van der Waals surface area contributed by atoms with Gasteiger partial charge in [-0.25, -0.2) is 9.78 Å². The number of aromatic nitrogens is 2. The van der Waals surface area contributed by atoms with Crippen LogP contribution in [0.5, 0.6) is 0 Å². The van der Waals surface area contributed by atoms with Crippen molar-refractivity contribution in [3.63, 3.8) is 0 Å². The highest BCUT2D eigenvalue weighted by molar-refractivity contribution is 5.99. The van der Waals surface area contributed by atoms with Gasteiger partial charge in [0.05, 0.1) is 12.0 Å². The zero-order valence-corrected chi connectivity index (χ0v) is 23.1. The van der Waals surface area contributed by atoms with E-state index in [-0.39, 0.29) is 12.3 Å². The van der Waals surface area contributed by atoms with Gasteiger partial charge in [0.2, 0.25) is 5.91 Å². The SMILES string of the molecule is Cc1cc(NC(=O)[C@@H](Cc2cn(Cc3ccccc3)cn2)NC(=O)OC(C)(C)C)ccc1C(=O)N1CCCC1. The van der Waals surface area contributed by atoms with Crippen LogP contribution in [0, 0.1) is 6.92 Å². The van der Waals surface area contributed by atoms with Gasteiger partial charge in [-0.2, -0.15) is 0 Å². The van der Waals surface area contributed by atoms with E-state index in [9.17, 15) is 14.4 Å². The molecule has 9 nitrogen and oxygen atoms in total. The normalized spacial score (nSPS) is 14.1. The van der Waals surface area contributed by atoms with E-state index in [1.807, 2.05) is 52.9 Å². The van der Waals surface area contributed by atoms with E-state index in [0.29, 0.717) is 23.5 Å². The fourth-order valence-electron chi connectivity index (χ4n) is 4.56. The molecule has 2 N–H and O–H groups in total. The Bertz CT molecular complexity index is 1310. The van der Waals surface area contributed by atoms with E-state index >= 15 is 0 Å². The van der Waals surface area contributed by atoms with Crippen LogP contribution in [0.2, 0.25) is 0 Å². The van der Waals surface area contributed by atoms with Gasteiger partial charge in [-0.15, -0.1) is 0 Å². The van der Waals surface area contributed by atoms with Crippen molar-refractivity contribution in [2.75, 3.05) is 18.4 Å². The maximum Gasteiger partial charge on any atom is 0.408 e. The number of ether oxygens (including phenoxy) is 1. The molecule has 0 spiro atoms. The Morgan fingerprint density at radius 1 is 1.05 bits per heavy atom. The molecule has 1 aliphatic heterocycles. The number of nitrogens with zero attached hydrogens (tertiary/aromatic N) is 3. The number of carbonyl (C=O) groups is 3. The predicted molar refractivity (Wildman–Crippen MR) is 150 cm³/mol. The molecule has 0 aliphatic carbocycles. The number of nitrogens with one attached hydrogen (secondary N) is 2. The zero-order valence-electron chi connectivity index (χ0n) is 23.1. The first-order chi connectivity index (χ1) is 18.6. The molecule has 0 bridgehead atoms. The minimum absolute atomic E-state index is 0.0124. The van der Waals surface area contributed by atoms with Crippen LogP contribution in [0.4, 0.5) is 10.5 Å². The smallest absolute Gasteiger partial charge is 0.408 e. The summed E-state index contributed by atoms with van der Waals surface area (Å²) in [6.07, 6.45) is 5.12. The third kappa shape index (κ3) is 7.92. The molecule has 0 unspecified atom stereocenters. The Morgan fingerprint density at radius 2 is 1.77 bits per heavy atom. The average molecular weight is 532 g/mol. The third-order valence-electron chi connectivity index (χ3n) is 6.43. The van der Waals surface area contributed by atoms with Crippen LogP contribution in [0.15, 0.2) is 61.1 Å². The van der Waals surface area contributed by atoms with E-state index in [4.69, 9.17) is 4.74 Å². The minimum Gasteiger partial charge on any atom is -0.444 e. The summed E-state index contributed by atoms with van der Waals surface area (Å²) in [7, 11) is 0. The summed E-state index contributed by atoms with van der Waals surface area (Å²) >= 11 is 0. The molecule has 1 fully saturated rings. The molecule has 2 aromatic carbocycles.